The Morgan fingerprint density at radius 2 is 2.07 bits per heavy atom. The molecule has 0 atom stereocenters. The largest absolute Gasteiger partial charge is 0.461 e. The number of furan rings is 1. The zero-order chi connectivity index (χ0) is 19.5. The molecule has 1 fully saturated rings. The third-order valence-corrected chi connectivity index (χ3v) is 6.05. The first-order chi connectivity index (χ1) is 13.6. The van der Waals surface area contributed by atoms with Crippen molar-refractivity contribution < 1.29 is 9.21 Å². The van der Waals surface area contributed by atoms with E-state index in [0.717, 1.165) is 31.6 Å². The summed E-state index contributed by atoms with van der Waals surface area (Å²) in [6, 6.07) is 11.1. The van der Waals surface area contributed by atoms with Gasteiger partial charge in [-0.3, -0.25) is 9.36 Å². The summed E-state index contributed by atoms with van der Waals surface area (Å²) in [5.74, 6) is 2.34. The number of hydrogen-bond donors (Lipinski definition) is 0. The van der Waals surface area contributed by atoms with Crippen LogP contribution in [0.2, 0.25) is 5.02 Å². The lowest BCUT2D eigenvalue weighted by molar-refractivity contribution is -0.129. The molecule has 0 bridgehead atoms. The lowest BCUT2D eigenvalue weighted by atomic mass is 9.99. The Labute approximate surface area is 172 Å². The molecule has 0 unspecified atom stereocenters. The molecule has 0 N–H and O–H groups in total. The van der Waals surface area contributed by atoms with Gasteiger partial charge in [-0.15, -0.1) is 10.2 Å². The fraction of sp³-hybridized carbons (Fsp3) is 0.350. The highest BCUT2D eigenvalue weighted by Gasteiger charge is 2.23. The first-order valence-corrected chi connectivity index (χ1v) is 10.6. The Morgan fingerprint density at radius 3 is 2.79 bits per heavy atom. The molecule has 6 nitrogen and oxygen atoms in total. The van der Waals surface area contributed by atoms with Gasteiger partial charge in [-0.2, -0.15) is 0 Å². The van der Waals surface area contributed by atoms with Crippen molar-refractivity contribution in [2.75, 3.05) is 18.8 Å². The van der Waals surface area contributed by atoms with Gasteiger partial charge in [0.15, 0.2) is 10.9 Å². The summed E-state index contributed by atoms with van der Waals surface area (Å²) in [7, 11) is 0. The smallest absolute Gasteiger partial charge is 0.233 e. The summed E-state index contributed by atoms with van der Waals surface area (Å²) >= 11 is 7.57. The van der Waals surface area contributed by atoms with Gasteiger partial charge >= 0.3 is 0 Å². The van der Waals surface area contributed by atoms with Crippen molar-refractivity contribution in [2.24, 2.45) is 5.92 Å². The molecule has 1 saturated heterocycles. The Bertz CT molecular complexity index is 949. The molecular weight excluding hydrogens is 396 g/mol. The molecule has 1 amide bonds. The minimum atomic E-state index is 0.136. The molecule has 0 spiro atoms. The second kappa shape index (κ2) is 8.41. The predicted molar refractivity (Wildman–Crippen MR) is 110 cm³/mol. The molecule has 1 aromatic carbocycles. The summed E-state index contributed by atoms with van der Waals surface area (Å²) in [5.41, 5.74) is 0.825. The molecule has 3 heterocycles. The van der Waals surface area contributed by atoms with E-state index >= 15 is 0 Å². The Balaban J connectivity index is 1.58. The average Bonchev–Trinajstić information content (AvgIpc) is 3.36. The minimum Gasteiger partial charge on any atom is -0.461 e. The number of benzene rings is 1. The number of amides is 1. The molecule has 28 heavy (non-hydrogen) atoms. The van der Waals surface area contributed by atoms with E-state index in [-0.39, 0.29) is 5.91 Å². The lowest BCUT2D eigenvalue weighted by Gasteiger charge is -2.30. The number of hydrogen-bond acceptors (Lipinski definition) is 5. The van der Waals surface area contributed by atoms with Crippen LogP contribution in [-0.2, 0) is 4.79 Å². The molecule has 0 saturated carbocycles. The number of likely N-dealkylation sites (tertiary alicyclic amines) is 1. The van der Waals surface area contributed by atoms with E-state index in [9.17, 15) is 4.79 Å². The number of thioether (sulfide) groups is 1. The molecule has 0 radical (unpaired) electrons. The van der Waals surface area contributed by atoms with Gasteiger partial charge < -0.3 is 9.32 Å². The van der Waals surface area contributed by atoms with Crippen LogP contribution in [0.25, 0.3) is 17.3 Å². The van der Waals surface area contributed by atoms with Gasteiger partial charge in [0.05, 0.1) is 17.7 Å². The third-order valence-electron chi connectivity index (χ3n) is 4.90. The van der Waals surface area contributed by atoms with Crippen molar-refractivity contribution in [3.05, 3.63) is 47.7 Å². The maximum atomic E-state index is 12.6. The maximum absolute atomic E-state index is 12.6. The number of nitrogens with zero attached hydrogens (tertiary/aromatic N) is 4. The monoisotopic (exact) mass is 416 g/mol. The van der Waals surface area contributed by atoms with Crippen LogP contribution in [0, 0.1) is 5.92 Å². The average molecular weight is 417 g/mol. The zero-order valence-electron chi connectivity index (χ0n) is 15.5. The van der Waals surface area contributed by atoms with Crippen LogP contribution in [-0.4, -0.2) is 44.4 Å². The fourth-order valence-electron chi connectivity index (χ4n) is 3.25. The number of carbonyl (C=O) groups excluding carboxylic acids is 1. The highest BCUT2D eigenvalue weighted by Crippen LogP contribution is 2.29. The van der Waals surface area contributed by atoms with Gasteiger partial charge in [-0.1, -0.05) is 36.4 Å². The van der Waals surface area contributed by atoms with Crippen LogP contribution in [0.1, 0.15) is 19.8 Å². The van der Waals surface area contributed by atoms with Crippen molar-refractivity contribution in [3.63, 3.8) is 0 Å². The van der Waals surface area contributed by atoms with Crippen molar-refractivity contribution in [1.82, 2.24) is 19.7 Å². The van der Waals surface area contributed by atoms with Gasteiger partial charge in [0.1, 0.15) is 0 Å². The summed E-state index contributed by atoms with van der Waals surface area (Å²) < 4.78 is 7.39. The first-order valence-electron chi connectivity index (χ1n) is 9.27. The van der Waals surface area contributed by atoms with E-state index in [4.69, 9.17) is 16.0 Å². The summed E-state index contributed by atoms with van der Waals surface area (Å²) in [6.45, 7) is 3.90. The van der Waals surface area contributed by atoms with Crippen molar-refractivity contribution >= 4 is 29.3 Å². The van der Waals surface area contributed by atoms with Crippen LogP contribution in [0.5, 0.6) is 0 Å². The van der Waals surface area contributed by atoms with E-state index in [2.05, 4.69) is 17.1 Å². The van der Waals surface area contributed by atoms with Crippen LogP contribution in [0.15, 0.2) is 52.2 Å². The first kappa shape index (κ1) is 19.1. The van der Waals surface area contributed by atoms with Crippen LogP contribution < -0.4 is 0 Å². The van der Waals surface area contributed by atoms with E-state index in [0.29, 0.717) is 33.4 Å². The van der Waals surface area contributed by atoms with Crippen LogP contribution in [0.4, 0.5) is 0 Å². The molecule has 0 aliphatic carbocycles. The van der Waals surface area contributed by atoms with Gasteiger partial charge in [-0.05, 0) is 49.1 Å². The topological polar surface area (TPSA) is 64.2 Å². The SMILES string of the molecule is CC1CCN(C(=O)CSc2nnc(-c3ccco3)n2-c2cccc(Cl)c2)CC1. The van der Waals surface area contributed by atoms with Crippen LogP contribution in [0.3, 0.4) is 0 Å². The quantitative estimate of drug-likeness (QED) is 0.571. The molecular formula is C20H21ClN4O2S. The van der Waals surface area contributed by atoms with Gasteiger partial charge in [0.2, 0.25) is 11.7 Å². The van der Waals surface area contributed by atoms with E-state index in [1.54, 1.807) is 12.3 Å². The lowest BCUT2D eigenvalue weighted by Crippen LogP contribution is -2.38. The molecule has 1 aliphatic rings. The van der Waals surface area contributed by atoms with Gasteiger partial charge in [0, 0.05) is 18.1 Å². The zero-order valence-corrected chi connectivity index (χ0v) is 17.1. The van der Waals surface area contributed by atoms with E-state index in [1.807, 2.05) is 39.8 Å². The number of aromatic nitrogens is 3. The maximum Gasteiger partial charge on any atom is 0.233 e. The second-order valence-corrected chi connectivity index (χ2v) is 8.33. The highest BCUT2D eigenvalue weighted by molar-refractivity contribution is 7.99. The van der Waals surface area contributed by atoms with Gasteiger partial charge in [0.25, 0.3) is 0 Å². The Kier molecular flexibility index (Phi) is 5.73. The summed E-state index contributed by atoms with van der Waals surface area (Å²) in [6.07, 6.45) is 3.73. The molecule has 2 aromatic heterocycles. The fourth-order valence-corrected chi connectivity index (χ4v) is 4.29. The Hall–Kier alpha value is -2.25. The third kappa shape index (κ3) is 4.10. The highest BCUT2D eigenvalue weighted by atomic mass is 35.5. The van der Waals surface area contributed by atoms with Crippen LogP contribution >= 0.6 is 23.4 Å². The van der Waals surface area contributed by atoms with Crippen molar-refractivity contribution in [2.45, 2.75) is 24.9 Å². The summed E-state index contributed by atoms with van der Waals surface area (Å²) in [5, 5.41) is 9.85. The number of halogens is 1. The molecule has 4 rings (SSSR count). The molecule has 1 aliphatic heterocycles. The number of piperidine rings is 1. The standard InChI is InChI=1S/C20H21ClN4O2S/c1-14-7-9-24(10-8-14)18(26)13-28-20-23-22-19(17-6-3-11-27-17)25(20)16-5-2-4-15(21)12-16/h2-6,11-12,14H,7-10,13H2,1H3. The molecule has 3 aromatic rings. The van der Waals surface area contributed by atoms with Crippen molar-refractivity contribution in [3.8, 4) is 17.3 Å². The molecule has 146 valence electrons. The second-order valence-electron chi connectivity index (χ2n) is 6.95. The minimum absolute atomic E-state index is 0.136. The number of carbonyl (C=O) groups is 1. The summed E-state index contributed by atoms with van der Waals surface area (Å²) in [4.78, 5) is 14.6. The number of rotatable bonds is 5. The normalized spacial score (nSPS) is 15.1. The molecule has 8 heteroatoms. The van der Waals surface area contributed by atoms with E-state index < -0.39 is 0 Å². The van der Waals surface area contributed by atoms with Crippen molar-refractivity contribution in [1.29, 1.82) is 0 Å². The Morgan fingerprint density at radius 1 is 1.25 bits per heavy atom. The van der Waals surface area contributed by atoms with Gasteiger partial charge in [-0.25, -0.2) is 0 Å². The van der Waals surface area contributed by atoms with E-state index in [1.165, 1.54) is 11.8 Å². The predicted octanol–water partition coefficient (Wildman–Crippen LogP) is 4.53.